The molecule has 1 heterocycles. The molecule has 1 amide bonds. The average Bonchev–Trinajstić information content (AvgIpc) is 2.78. The van der Waals surface area contributed by atoms with Crippen LogP contribution in [-0.4, -0.2) is 15.7 Å². The van der Waals surface area contributed by atoms with Crippen molar-refractivity contribution in [2.45, 2.75) is 6.54 Å². The van der Waals surface area contributed by atoms with Crippen LogP contribution in [0.2, 0.25) is 0 Å². The molecule has 0 spiro atoms. The fourth-order valence-electron chi connectivity index (χ4n) is 1.53. The van der Waals surface area contributed by atoms with Crippen molar-refractivity contribution in [2.75, 3.05) is 0 Å². The van der Waals surface area contributed by atoms with Crippen LogP contribution in [0.5, 0.6) is 0 Å². The summed E-state index contributed by atoms with van der Waals surface area (Å²) in [6, 6.07) is 5.68. The van der Waals surface area contributed by atoms with Gasteiger partial charge in [0.15, 0.2) is 0 Å². The van der Waals surface area contributed by atoms with E-state index in [1.165, 1.54) is 22.9 Å². The second kappa shape index (κ2) is 4.34. The molecule has 17 heavy (non-hydrogen) atoms. The van der Waals surface area contributed by atoms with Crippen LogP contribution in [-0.2, 0) is 6.54 Å². The van der Waals surface area contributed by atoms with Crippen molar-refractivity contribution in [3.8, 4) is 5.69 Å². The third kappa shape index (κ3) is 2.16. The number of benzene rings is 1. The van der Waals surface area contributed by atoms with Gasteiger partial charge >= 0.3 is 0 Å². The zero-order valence-electron chi connectivity index (χ0n) is 8.93. The van der Waals surface area contributed by atoms with Crippen LogP contribution >= 0.6 is 0 Å². The van der Waals surface area contributed by atoms with Gasteiger partial charge in [0, 0.05) is 12.7 Å². The lowest BCUT2D eigenvalue weighted by Gasteiger charge is -2.07. The molecule has 0 saturated carbocycles. The van der Waals surface area contributed by atoms with Gasteiger partial charge in [-0.15, -0.1) is 0 Å². The first-order valence-corrected chi connectivity index (χ1v) is 4.96. The van der Waals surface area contributed by atoms with Crippen molar-refractivity contribution < 1.29 is 9.18 Å². The van der Waals surface area contributed by atoms with Gasteiger partial charge in [0.2, 0.25) is 0 Å². The summed E-state index contributed by atoms with van der Waals surface area (Å²) >= 11 is 0. The number of primary amides is 1. The molecule has 0 fully saturated rings. The van der Waals surface area contributed by atoms with Crippen molar-refractivity contribution in [1.82, 2.24) is 9.78 Å². The van der Waals surface area contributed by atoms with Crippen LogP contribution in [0.4, 0.5) is 4.39 Å². The van der Waals surface area contributed by atoms with E-state index in [1.807, 2.05) is 0 Å². The molecule has 2 aromatic rings. The molecule has 1 aromatic carbocycles. The third-order valence-corrected chi connectivity index (χ3v) is 2.35. The van der Waals surface area contributed by atoms with Crippen LogP contribution in [0.25, 0.3) is 5.69 Å². The monoisotopic (exact) mass is 234 g/mol. The van der Waals surface area contributed by atoms with Gasteiger partial charge in [0.25, 0.3) is 5.91 Å². The largest absolute Gasteiger partial charge is 0.364 e. The average molecular weight is 234 g/mol. The van der Waals surface area contributed by atoms with Crippen LogP contribution in [0, 0.1) is 5.82 Å². The zero-order chi connectivity index (χ0) is 12.4. The molecule has 5 nitrogen and oxygen atoms in total. The molecule has 0 unspecified atom stereocenters. The molecule has 6 heteroatoms. The molecule has 0 aliphatic rings. The Hall–Kier alpha value is -2.21. The first-order valence-electron chi connectivity index (χ1n) is 4.96. The smallest absolute Gasteiger partial charge is 0.269 e. The van der Waals surface area contributed by atoms with Crippen LogP contribution in [0.15, 0.2) is 30.5 Å². The summed E-state index contributed by atoms with van der Waals surface area (Å²) in [5.74, 6) is -0.975. The summed E-state index contributed by atoms with van der Waals surface area (Å²) in [5, 5.41) is 3.98. The van der Waals surface area contributed by atoms with Crippen molar-refractivity contribution in [3.63, 3.8) is 0 Å². The molecule has 0 aliphatic carbocycles. The summed E-state index contributed by atoms with van der Waals surface area (Å²) in [7, 11) is 0. The van der Waals surface area contributed by atoms with E-state index in [0.29, 0.717) is 11.3 Å². The van der Waals surface area contributed by atoms with Gasteiger partial charge in [-0.3, -0.25) is 4.79 Å². The standard InChI is InChI=1S/C11H11FN4O/c12-8-1-2-10(7(5-8)6-13)16-4-3-9(15-16)11(14)17/h1-5H,6,13H2,(H2,14,17). The topological polar surface area (TPSA) is 86.9 Å². The molecule has 0 bridgehead atoms. The zero-order valence-corrected chi connectivity index (χ0v) is 8.93. The normalized spacial score (nSPS) is 10.5. The van der Waals surface area contributed by atoms with Gasteiger partial charge < -0.3 is 11.5 Å². The van der Waals surface area contributed by atoms with E-state index >= 15 is 0 Å². The van der Waals surface area contributed by atoms with Gasteiger partial charge in [0.05, 0.1) is 5.69 Å². The molecule has 0 atom stereocenters. The van der Waals surface area contributed by atoms with E-state index in [4.69, 9.17) is 11.5 Å². The molecular formula is C11H11FN4O. The van der Waals surface area contributed by atoms with Gasteiger partial charge in [-0.25, -0.2) is 9.07 Å². The van der Waals surface area contributed by atoms with Gasteiger partial charge in [-0.2, -0.15) is 5.10 Å². The predicted molar refractivity (Wildman–Crippen MR) is 59.9 cm³/mol. The van der Waals surface area contributed by atoms with Gasteiger partial charge in [-0.1, -0.05) is 0 Å². The summed E-state index contributed by atoms with van der Waals surface area (Å²) in [6.45, 7) is 0.179. The Morgan fingerprint density at radius 2 is 2.18 bits per heavy atom. The Morgan fingerprint density at radius 3 is 2.76 bits per heavy atom. The number of hydrogen-bond donors (Lipinski definition) is 2. The highest BCUT2D eigenvalue weighted by Gasteiger charge is 2.09. The Labute approximate surface area is 96.8 Å². The van der Waals surface area contributed by atoms with E-state index < -0.39 is 5.91 Å². The predicted octanol–water partition coefficient (Wildman–Crippen LogP) is 0.569. The molecule has 1 aromatic heterocycles. The number of carbonyl (C=O) groups excluding carboxylic acids is 1. The third-order valence-electron chi connectivity index (χ3n) is 2.35. The quantitative estimate of drug-likeness (QED) is 0.813. The van der Waals surface area contributed by atoms with Crippen LogP contribution in [0.3, 0.4) is 0 Å². The Morgan fingerprint density at radius 1 is 1.41 bits per heavy atom. The molecule has 0 saturated heterocycles. The number of amides is 1. The highest BCUT2D eigenvalue weighted by Crippen LogP contribution is 2.15. The lowest BCUT2D eigenvalue weighted by atomic mass is 10.2. The van der Waals surface area contributed by atoms with Crippen LogP contribution in [0.1, 0.15) is 16.1 Å². The van der Waals surface area contributed by atoms with Crippen molar-refractivity contribution in [2.24, 2.45) is 11.5 Å². The maximum absolute atomic E-state index is 13.0. The number of rotatable bonds is 3. The van der Waals surface area contributed by atoms with E-state index in [9.17, 15) is 9.18 Å². The molecular weight excluding hydrogens is 223 g/mol. The van der Waals surface area contributed by atoms with Crippen molar-refractivity contribution in [1.29, 1.82) is 0 Å². The van der Waals surface area contributed by atoms with Gasteiger partial charge in [0.1, 0.15) is 11.5 Å². The highest BCUT2D eigenvalue weighted by atomic mass is 19.1. The number of halogens is 1. The minimum absolute atomic E-state index is 0.150. The molecule has 4 N–H and O–H groups in total. The summed E-state index contributed by atoms with van der Waals surface area (Å²) in [5.41, 5.74) is 12.0. The first kappa shape index (κ1) is 11.3. The van der Waals surface area contributed by atoms with Gasteiger partial charge in [-0.05, 0) is 29.8 Å². The lowest BCUT2D eigenvalue weighted by molar-refractivity contribution is 0.0995. The number of carbonyl (C=O) groups is 1. The maximum atomic E-state index is 13.0. The van der Waals surface area contributed by atoms with Crippen molar-refractivity contribution in [3.05, 3.63) is 47.5 Å². The number of nitrogens with two attached hydrogens (primary N) is 2. The van der Waals surface area contributed by atoms with Crippen LogP contribution < -0.4 is 11.5 Å². The number of nitrogens with zero attached hydrogens (tertiary/aromatic N) is 2. The SMILES string of the molecule is NCc1cc(F)ccc1-n1ccc(C(N)=O)n1. The number of hydrogen-bond acceptors (Lipinski definition) is 3. The minimum Gasteiger partial charge on any atom is -0.364 e. The van der Waals surface area contributed by atoms with Crippen molar-refractivity contribution >= 4 is 5.91 Å². The summed E-state index contributed by atoms with van der Waals surface area (Å²) in [4.78, 5) is 10.9. The Bertz CT molecular complexity index is 564. The summed E-state index contributed by atoms with van der Waals surface area (Å²) < 4.78 is 14.5. The molecule has 88 valence electrons. The van der Waals surface area contributed by atoms with E-state index in [-0.39, 0.29) is 18.1 Å². The number of aromatic nitrogens is 2. The van der Waals surface area contributed by atoms with E-state index in [2.05, 4.69) is 5.10 Å². The van der Waals surface area contributed by atoms with E-state index in [1.54, 1.807) is 12.3 Å². The van der Waals surface area contributed by atoms with E-state index in [0.717, 1.165) is 0 Å². The highest BCUT2D eigenvalue weighted by molar-refractivity contribution is 5.90. The maximum Gasteiger partial charge on any atom is 0.269 e. The Kier molecular flexibility index (Phi) is 2.88. The molecule has 0 aliphatic heterocycles. The first-order chi connectivity index (χ1) is 8.11. The fraction of sp³-hybridized carbons (Fsp3) is 0.0909. The second-order valence-corrected chi connectivity index (χ2v) is 3.49. The summed E-state index contributed by atoms with van der Waals surface area (Å²) in [6.07, 6.45) is 1.58. The minimum atomic E-state index is -0.611. The Balaban J connectivity index is 2.48. The molecule has 0 radical (unpaired) electrons. The fourth-order valence-corrected chi connectivity index (χ4v) is 1.53. The molecule has 2 rings (SSSR count). The second-order valence-electron chi connectivity index (χ2n) is 3.49. The lowest BCUT2D eigenvalue weighted by Crippen LogP contribution is -2.13.